The van der Waals surface area contributed by atoms with Crippen LogP contribution in [-0.4, -0.2) is 43.6 Å². The van der Waals surface area contributed by atoms with E-state index in [1.807, 2.05) is 21.0 Å². The van der Waals surface area contributed by atoms with Crippen LogP contribution in [-0.2, 0) is 11.3 Å². The molecule has 5 nitrogen and oxygen atoms in total. The molecule has 2 rings (SSSR count). The van der Waals surface area contributed by atoms with E-state index in [1.165, 1.54) is 11.1 Å². The number of aromatic nitrogens is 1. The zero-order valence-corrected chi connectivity index (χ0v) is 17.4. The number of hydrogen-bond acceptors (Lipinski definition) is 4. The topological polar surface area (TPSA) is 49.8 Å². The van der Waals surface area contributed by atoms with Crippen molar-refractivity contribution in [2.24, 2.45) is 4.99 Å². The van der Waals surface area contributed by atoms with Gasteiger partial charge in [0.25, 0.3) is 0 Å². The fraction of sp³-hybridized carbons (Fsp3) is 0.500. The van der Waals surface area contributed by atoms with Gasteiger partial charge in [0.2, 0.25) is 0 Å². The number of aryl methyl sites for hydroxylation is 1. The summed E-state index contributed by atoms with van der Waals surface area (Å²) >= 11 is 1.64. The lowest BCUT2D eigenvalue weighted by Gasteiger charge is -2.23. The third-order valence-corrected chi connectivity index (χ3v) is 5.48. The van der Waals surface area contributed by atoms with Crippen LogP contribution < -0.4 is 5.32 Å². The molecule has 2 aromatic rings. The fourth-order valence-electron chi connectivity index (χ4n) is 2.72. The van der Waals surface area contributed by atoms with Crippen molar-refractivity contribution in [2.45, 2.75) is 39.3 Å². The number of ether oxygens (including phenoxy) is 1. The van der Waals surface area contributed by atoms with Gasteiger partial charge in [0.15, 0.2) is 5.96 Å². The van der Waals surface area contributed by atoms with Crippen molar-refractivity contribution in [3.05, 3.63) is 51.5 Å². The van der Waals surface area contributed by atoms with Crippen LogP contribution in [0, 0.1) is 6.92 Å². The number of aliphatic imine (C=N–C) groups is 1. The van der Waals surface area contributed by atoms with Crippen LogP contribution in [0.15, 0.2) is 34.6 Å². The maximum absolute atomic E-state index is 5.34. The lowest BCUT2D eigenvalue weighted by Crippen LogP contribution is -2.40. The van der Waals surface area contributed by atoms with Gasteiger partial charge in [-0.05, 0) is 25.3 Å². The number of hydrogen-bond donors (Lipinski definition) is 1. The van der Waals surface area contributed by atoms with Gasteiger partial charge in [-0.1, -0.05) is 36.8 Å². The van der Waals surface area contributed by atoms with Gasteiger partial charge in [-0.15, -0.1) is 11.3 Å². The Morgan fingerprint density at radius 3 is 2.81 bits per heavy atom. The van der Waals surface area contributed by atoms with Gasteiger partial charge in [-0.25, -0.2) is 4.98 Å². The van der Waals surface area contributed by atoms with E-state index in [0.717, 1.165) is 23.2 Å². The molecule has 1 heterocycles. The van der Waals surface area contributed by atoms with Crippen LogP contribution in [0.2, 0.25) is 0 Å². The molecule has 26 heavy (non-hydrogen) atoms. The van der Waals surface area contributed by atoms with Gasteiger partial charge in [0.05, 0.1) is 12.2 Å². The number of nitrogens with zero attached hydrogens (tertiary/aromatic N) is 3. The first-order valence-electron chi connectivity index (χ1n) is 8.90. The van der Waals surface area contributed by atoms with Gasteiger partial charge in [-0.2, -0.15) is 0 Å². The molecule has 2 unspecified atom stereocenters. The molecule has 1 aromatic heterocycles. The van der Waals surface area contributed by atoms with E-state index in [0.29, 0.717) is 12.5 Å². The maximum Gasteiger partial charge on any atom is 0.193 e. The Hall–Kier alpha value is -1.92. The molecular formula is C20H30N4OS. The Morgan fingerprint density at radius 1 is 1.38 bits per heavy atom. The molecule has 0 fully saturated rings. The number of guanidine groups is 1. The number of rotatable bonds is 7. The number of methoxy groups -OCH3 is 1. The zero-order valence-electron chi connectivity index (χ0n) is 16.6. The van der Waals surface area contributed by atoms with E-state index >= 15 is 0 Å². The Kier molecular flexibility index (Phi) is 7.60. The minimum atomic E-state index is 0.0340. The normalized spacial score (nSPS) is 14.2. The van der Waals surface area contributed by atoms with Gasteiger partial charge in [0.1, 0.15) is 11.1 Å². The molecular weight excluding hydrogens is 344 g/mol. The van der Waals surface area contributed by atoms with Crippen molar-refractivity contribution in [1.29, 1.82) is 0 Å². The molecule has 0 spiro atoms. The molecule has 1 aromatic carbocycles. The van der Waals surface area contributed by atoms with Gasteiger partial charge < -0.3 is 15.0 Å². The van der Waals surface area contributed by atoms with Crippen molar-refractivity contribution in [2.75, 3.05) is 27.7 Å². The minimum Gasteiger partial charge on any atom is -0.375 e. The average molecular weight is 375 g/mol. The van der Waals surface area contributed by atoms with Gasteiger partial charge >= 0.3 is 0 Å². The summed E-state index contributed by atoms with van der Waals surface area (Å²) < 4.78 is 5.34. The highest BCUT2D eigenvalue weighted by molar-refractivity contribution is 7.09. The zero-order chi connectivity index (χ0) is 19.1. The summed E-state index contributed by atoms with van der Waals surface area (Å²) in [6, 6.07) is 8.66. The van der Waals surface area contributed by atoms with Crippen molar-refractivity contribution < 1.29 is 4.74 Å². The molecule has 0 radical (unpaired) electrons. The van der Waals surface area contributed by atoms with E-state index in [1.54, 1.807) is 18.4 Å². The molecule has 0 aliphatic carbocycles. The Labute approximate surface area is 161 Å². The third-order valence-electron chi connectivity index (χ3n) is 4.42. The molecule has 0 amide bonds. The highest BCUT2D eigenvalue weighted by Crippen LogP contribution is 2.21. The highest BCUT2D eigenvalue weighted by Gasteiger charge is 2.13. The van der Waals surface area contributed by atoms with E-state index in [4.69, 9.17) is 4.74 Å². The van der Waals surface area contributed by atoms with E-state index in [9.17, 15) is 0 Å². The second-order valence-corrected chi connectivity index (χ2v) is 7.54. The summed E-state index contributed by atoms with van der Waals surface area (Å²) in [7, 11) is 5.56. The van der Waals surface area contributed by atoms with Gasteiger partial charge in [0, 0.05) is 33.1 Å². The first-order chi connectivity index (χ1) is 12.4. The highest BCUT2D eigenvalue weighted by atomic mass is 32.1. The van der Waals surface area contributed by atoms with Crippen LogP contribution in [0.4, 0.5) is 0 Å². The Bertz CT molecular complexity index is 728. The summed E-state index contributed by atoms with van der Waals surface area (Å²) in [5.74, 6) is 1.28. The molecule has 0 saturated carbocycles. The van der Waals surface area contributed by atoms with Gasteiger partial charge in [-0.3, -0.25) is 4.99 Å². The number of benzene rings is 1. The van der Waals surface area contributed by atoms with E-state index < -0.39 is 0 Å². The summed E-state index contributed by atoms with van der Waals surface area (Å²) in [6.45, 7) is 7.92. The number of thiazole rings is 1. The third kappa shape index (κ3) is 5.54. The van der Waals surface area contributed by atoms with Crippen LogP contribution in [0.25, 0.3) is 0 Å². The molecule has 0 bridgehead atoms. The van der Waals surface area contributed by atoms with Crippen molar-refractivity contribution >= 4 is 17.3 Å². The SMILES string of the molecule is CN=C(NCC(C)c1cccc(C)c1)N(C)Cc1csc(C(C)OC)n1. The predicted molar refractivity (Wildman–Crippen MR) is 110 cm³/mol. The first-order valence-corrected chi connectivity index (χ1v) is 9.78. The van der Waals surface area contributed by atoms with Crippen LogP contribution in [0.1, 0.15) is 47.7 Å². The molecule has 142 valence electrons. The van der Waals surface area contributed by atoms with Crippen molar-refractivity contribution in [1.82, 2.24) is 15.2 Å². The molecule has 0 aliphatic heterocycles. The summed E-state index contributed by atoms with van der Waals surface area (Å²) in [5.41, 5.74) is 3.67. The minimum absolute atomic E-state index is 0.0340. The van der Waals surface area contributed by atoms with E-state index in [2.05, 4.69) is 63.7 Å². The monoisotopic (exact) mass is 374 g/mol. The lowest BCUT2D eigenvalue weighted by atomic mass is 9.99. The standard InChI is InChI=1S/C20H30N4OS/c1-14-8-7-9-17(10-14)15(2)11-22-20(21-4)24(5)12-18-13-26-19(23-18)16(3)25-6/h7-10,13,15-16H,11-12H2,1-6H3,(H,21,22). The molecule has 0 saturated heterocycles. The second-order valence-electron chi connectivity index (χ2n) is 6.65. The second kappa shape index (κ2) is 9.69. The molecule has 0 aliphatic rings. The fourth-order valence-corrected chi connectivity index (χ4v) is 3.57. The molecule has 6 heteroatoms. The summed E-state index contributed by atoms with van der Waals surface area (Å²) in [5, 5.41) is 6.57. The first kappa shape index (κ1) is 20.4. The summed E-state index contributed by atoms with van der Waals surface area (Å²) in [4.78, 5) is 11.2. The van der Waals surface area contributed by atoms with E-state index in [-0.39, 0.29) is 6.10 Å². The lowest BCUT2D eigenvalue weighted by molar-refractivity contribution is 0.119. The van der Waals surface area contributed by atoms with Crippen LogP contribution >= 0.6 is 11.3 Å². The largest absolute Gasteiger partial charge is 0.375 e. The Balaban J connectivity index is 1.92. The van der Waals surface area contributed by atoms with Crippen molar-refractivity contribution in [3.63, 3.8) is 0 Å². The quantitative estimate of drug-likeness (QED) is 0.588. The summed E-state index contributed by atoms with van der Waals surface area (Å²) in [6.07, 6.45) is 0.0340. The Morgan fingerprint density at radius 2 is 2.15 bits per heavy atom. The van der Waals surface area contributed by atoms with Crippen LogP contribution in [0.5, 0.6) is 0 Å². The maximum atomic E-state index is 5.34. The average Bonchev–Trinajstić information content (AvgIpc) is 3.09. The number of nitrogens with one attached hydrogen (secondary N) is 1. The molecule has 1 N–H and O–H groups in total. The smallest absolute Gasteiger partial charge is 0.193 e. The van der Waals surface area contributed by atoms with Crippen LogP contribution in [0.3, 0.4) is 0 Å². The predicted octanol–water partition coefficient (Wildman–Crippen LogP) is 3.97. The van der Waals surface area contributed by atoms with Crippen molar-refractivity contribution in [3.8, 4) is 0 Å². The molecule has 2 atom stereocenters.